The predicted octanol–water partition coefficient (Wildman–Crippen LogP) is 12.0. The molecule has 3 nitrogen and oxygen atoms in total. The zero-order chi connectivity index (χ0) is 37.1. The molecule has 0 spiro atoms. The van der Waals surface area contributed by atoms with Gasteiger partial charge in [-0.25, -0.2) is 0 Å². The fourth-order valence-corrected chi connectivity index (χ4v) is 7.85. The molecule has 1 aliphatic carbocycles. The molecule has 0 aliphatic heterocycles. The standard InChI is InChI=1S/C52H40N2O/c1-2-13-37-14-6-7-15-43(37)36-53(44-18-4-3-5-19-44)45-29-24-39(25-30-45)41-28-33-52(55)49(35-41)42-17-12-16-40(34-42)38-26-31-46(32-27-38)54-50-22-10-8-20-47(50)48-21-9-11-23-51(48)54/h2-26,28-36,38,55H,1,27H2/b37-13-,43-36+. The van der Waals surface area contributed by atoms with E-state index in [1.54, 1.807) is 0 Å². The highest BCUT2D eigenvalue weighted by atomic mass is 16.3. The average Bonchev–Trinajstić information content (AvgIpc) is 3.58. The molecule has 1 N–H and O–H groups in total. The topological polar surface area (TPSA) is 28.4 Å². The number of aromatic nitrogens is 1. The van der Waals surface area contributed by atoms with Crippen molar-refractivity contribution < 1.29 is 5.11 Å². The fourth-order valence-electron chi connectivity index (χ4n) is 7.85. The highest BCUT2D eigenvalue weighted by Crippen LogP contribution is 2.39. The molecule has 1 unspecified atom stereocenters. The first-order valence-electron chi connectivity index (χ1n) is 18.8. The van der Waals surface area contributed by atoms with Crippen LogP contribution in [0, 0.1) is 0 Å². The number of hydrogen-bond donors (Lipinski definition) is 1. The van der Waals surface area contributed by atoms with Crippen LogP contribution in [0.25, 0.3) is 62.0 Å². The number of benzene rings is 7. The number of aromatic hydroxyl groups is 1. The van der Waals surface area contributed by atoms with Crippen LogP contribution in [0.2, 0.25) is 0 Å². The molecular weight excluding hydrogens is 669 g/mol. The van der Waals surface area contributed by atoms with Crippen molar-refractivity contribution in [1.82, 2.24) is 4.57 Å². The molecule has 7 aromatic carbocycles. The van der Waals surface area contributed by atoms with Crippen molar-refractivity contribution in [3.05, 3.63) is 217 Å². The Labute approximate surface area is 321 Å². The Hall–Kier alpha value is -7.10. The number of nitrogens with zero attached hydrogens (tertiary/aromatic N) is 2. The second-order valence-corrected chi connectivity index (χ2v) is 14.0. The van der Waals surface area contributed by atoms with Gasteiger partial charge in [-0.2, -0.15) is 0 Å². The smallest absolute Gasteiger partial charge is 0.123 e. The number of allylic oxidation sites excluding steroid dienone is 5. The van der Waals surface area contributed by atoms with Crippen LogP contribution in [0.4, 0.5) is 11.4 Å². The normalized spacial score (nSPS) is 14.7. The van der Waals surface area contributed by atoms with Crippen LogP contribution in [0.15, 0.2) is 201 Å². The summed E-state index contributed by atoms with van der Waals surface area (Å²) in [4.78, 5) is 2.22. The van der Waals surface area contributed by atoms with Gasteiger partial charge in [-0.05, 0) is 93.7 Å². The average molecular weight is 709 g/mol. The van der Waals surface area contributed by atoms with Crippen molar-refractivity contribution in [2.75, 3.05) is 4.90 Å². The quantitative estimate of drug-likeness (QED) is 0.170. The van der Waals surface area contributed by atoms with Crippen molar-refractivity contribution >= 4 is 51.2 Å². The Balaban J connectivity index is 0.997. The van der Waals surface area contributed by atoms with E-state index >= 15 is 0 Å². The molecule has 8 aromatic rings. The minimum Gasteiger partial charge on any atom is -0.507 e. The summed E-state index contributed by atoms with van der Waals surface area (Å²) in [6, 6.07) is 59.1. The summed E-state index contributed by atoms with van der Waals surface area (Å²) in [6.45, 7) is 3.91. The molecule has 0 saturated heterocycles. The van der Waals surface area contributed by atoms with E-state index in [9.17, 15) is 5.11 Å². The maximum absolute atomic E-state index is 11.1. The molecule has 1 atom stereocenters. The SMILES string of the molecule is C=C/C=c1/cccc/c1=C\N(c1ccccc1)c1ccc(-c2ccc(O)c(-c3cccc(C4C=CC(n5c6ccccc6c6ccccc65)=CC4)c3)c2)cc1. The molecule has 55 heavy (non-hydrogen) atoms. The van der Waals surface area contributed by atoms with Gasteiger partial charge < -0.3 is 14.6 Å². The van der Waals surface area contributed by atoms with Crippen molar-refractivity contribution in [2.45, 2.75) is 12.3 Å². The van der Waals surface area contributed by atoms with Crippen LogP contribution >= 0.6 is 0 Å². The maximum Gasteiger partial charge on any atom is 0.123 e. The van der Waals surface area contributed by atoms with E-state index in [0.717, 1.165) is 50.5 Å². The molecular formula is C52H40N2O. The van der Waals surface area contributed by atoms with Crippen LogP contribution in [0.3, 0.4) is 0 Å². The first kappa shape index (κ1) is 33.7. The Morgan fingerprint density at radius 1 is 0.600 bits per heavy atom. The Bertz CT molecular complexity index is 2820. The minimum absolute atomic E-state index is 0.237. The number of phenols is 1. The van der Waals surface area contributed by atoms with Crippen LogP contribution in [-0.4, -0.2) is 9.67 Å². The van der Waals surface area contributed by atoms with Gasteiger partial charge in [0.2, 0.25) is 0 Å². The van der Waals surface area contributed by atoms with Gasteiger partial charge in [-0.3, -0.25) is 0 Å². The molecule has 0 bridgehead atoms. The highest BCUT2D eigenvalue weighted by Gasteiger charge is 2.18. The van der Waals surface area contributed by atoms with E-state index in [-0.39, 0.29) is 11.7 Å². The Kier molecular flexibility index (Phi) is 9.03. The number of phenolic OH excluding ortho intramolecular Hbond substituents is 1. The summed E-state index contributed by atoms with van der Waals surface area (Å²) in [5, 5.41) is 15.9. The van der Waals surface area contributed by atoms with Gasteiger partial charge in [0.15, 0.2) is 0 Å². The van der Waals surface area contributed by atoms with Crippen LogP contribution in [-0.2, 0) is 0 Å². The van der Waals surface area contributed by atoms with Crippen molar-refractivity contribution in [2.24, 2.45) is 0 Å². The summed E-state index contributed by atoms with van der Waals surface area (Å²) in [6.07, 6.45) is 13.9. The summed E-state index contributed by atoms with van der Waals surface area (Å²) in [5.74, 6) is 0.505. The Morgan fingerprint density at radius 2 is 1.25 bits per heavy atom. The fraction of sp³-hybridized carbons (Fsp3) is 0.0385. The molecule has 0 radical (unpaired) electrons. The third-order valence-corrected chi connectivity index (χ3v) is 10.6. The number of fused-ring (bicyclic) bond motifs is 3. The van der Waals surface area contributed by atoms with Gasteiger partial charge in [-0.1, -0.05) is 152 Å². The van der Waals surface area contributed by atoms with Gasteiger partial charge >= 0.3 is 0 Å². The van der Waals surface area contributed by atoms with Crippen molar-refractivity contribution in [1.29, 1.82) is 0 Å². The second kappa shape index (κ2) is 14.7. The number of rotatable bonds is 8. The van der Waals surface area contributed by atoms with E-state index < -0.39 is 0 Å². The zero-order valence-electron chi connectivity index (χ0n) is 30.5. The summed E-state index contributed by atoms with van der Waals surface area (Å²) < 4.78 is 2.38. The zero-order valence-corrected chi connectivity index (χ0v) is 30.5. The summed E-state index contributed by atoms with van der Waals surface area (Å²) >= 11 is 0. The number of hydrogen-bond acceptors (Lipinski definition) is 2. The number of anilines is 2. The molecule has 0 saturated carbocycles. The van der Waals surface area contributed by atoms with Crippen molar-refractivity contribution in [3.8, 4) is 28.0 Å². The molecule has 0 fully saturated rings. The van der Waals surface area contributed by atoms with Crippen LogP contribution < -0.4 is 15.3 Å². The Morgan fingerprint density at radius 3 is 1.96 bits per heavy atom. The van der Waals surface area contributed by atoms with Crippen molar-refractivity contribution in [3.63, 3.8) is 0 Å². The lowest BCUT2D eigenvalue weighted by Crippen LogP contribution is -2.27. The third-order valence-electron chi connectivity index (χ3n) is 10.6. The summed E-state index contributed by atoms with van der Waals surface area (Å²) in [5.41, 5.74) is 10.9. The molecule has 1 aliphatic rings. The minimum atomic E-state index is 0.237. The van der Waals surface area contributed by atoms with Crippen LogP contribution in [0.5, 0.6) is 5.75 Å². The van der Waals surface area contributed by atoms with E-state index in [2.05, 4.69) is 186 Å². The molecule has 3 heteroatoms. The maximum atomic E-state index is 11.1. The van der Waals surface area contributed by atoms with Gasteiger partial charge in [0.25, 0.3) is 0 Å². The lowest BCUT2D eigenvalue weighted by molar-refractivity contribution is 0.477. The molecule has 1 aromatic heterocycles. The predicted molar refractivity (Wildman–Crippen MR) is 233 cm³/mol. The largest absolute Gasteiger partial charge is 0.507 e. The third kappa shape index (κ3) is 6.58. The summed E-state index contributed by atoms with van der Waals surface area (Å²) in [7, 11) is 0. The molecule has 1 heterocycles. The molecule has 264 valence electrons. The molecule has 0 amide bonds. The monoisotopic (exact) mass is 708 g/mol. The van der Waals surface area contributed by atoms with E-state index in [1.807, 2.05) is 36.4 Å². The van der Waals surface area contributed by atoms with Gasteiger partial charge in [0, 0.05) is 45.5 Å². The van der Waals surface area contributed by atoms with E-state index in [4.69, 9.17) is 0 Å². The van der Waals surface area contributed by atoms with Gasteiger partial charge in [0.05, 0.1) is 11.0 Å². The first-order valence-corrected chi connectivity index (χ1v) is 18.8. The number of para-hydroxylation sites is 3. The first-order chi connectivity index (χ1) is 27.1. The van der Waals surface area contributed by atoms with Crippen LogP contribution in [0.1, 0.15) is 17.9 Å². The van der Waals surface area contributed by atoms with E-state index in [1.165, 1.54) is 33.1 Å². The highest BCUT2D eigenvalue weighted by molar-refractivity contribution is 6.10. The molecule has 9 rings (SSSR count). The lowest BCUT2D eigenvalue weighted by atomic mass is 9.89. The second-order valence-electron chi connectivity index (χ2n) is 14.0. The van der Waals surface area contributed by atoms with Gasteiger partial charge in [-0.15, -0.1) is 0 Å². The lowest BCUT2D eigenvalue weighted by Gasteiger charge is -2.21. The van der Waals surface area contributed by atoms with Gasteiger partial charge in [0.1, 0.15) is 5.75 Å². The van der Waals surface area contributed by atoms with E-state index in [0.29, 0.717) is 0 Å².